The lowest BCUT2D eigenvalue weighted by molar-refractivity contribution is 0.621. The minimum Gasteiger partial charge on any atom is -0.325 e. The average molecular weight is 144 g/mol. The maximum atomic E-state index is 12.2. The predicted octanol–water partition coefficient (Wildman–Crippen LogP) is 2.39. The summed E-state index contributed by atoms with van der Waals surface area (Å²) >= 11 is 0.543. The van der Waals surface area contributed by atoms with E-state index in [1.165, 1.54) is 12.1 Å². The summed E-state index contributed by atoms with van der Waals surface area (Å²) in [6, 6.07) is 5.78. The summed E-state index contributed by atoms with van der Waals surface area (Å²) < 4.78 is 20.6. The third kappa shape index (κ3) is 1.69. The summed E-state index contributed by atoms with van der Waals surface area (Å²) in [6.07, 6.45) is 0. The molecule has 1 N–H and O–H groups in total. The lowest BCUT2D eigenvalue weighted by Crippen LogP contribution is -1.72. The average Bonchev–Trinajstić information content (AvgIpc) is 1.88. The molecule has 1 nitrogen and oxygen atoms in total. The van der Waals surface area contributed by atoms with Crippen molar-refractivity contribution >= 4 is 12.0 Å². The standard InChI is InChI=1S/C6H5FOS/c7-5-2-1-3-6(4-5)9-8/h1-4,8H. The molecule has 9 heavy (non-hydrogen) atoms. The summed E-state index contributed by atoms with van der Waals surface area (Å²) in [5.74, 6) is -0.325. The summed E-state index contributed by atoms with van der Waals surface area (Å²) in [6.45, 7) is 0. The molecule has 0 unspecified atom stereocenters. The van der Waals surface area contributed by atoms with Gasteiger partial charge in [-0.3, -0.25) is 0 Å². The van der Waals surface area contributed by atoms with Crippen LogP contribution in [0.3, 0.4) is 0 Å². The first kappa shape index (κ1) is 6.58. The summed E-state index contributed by atoms with van der Waals surface area (Å²) in [4.78, 5) is 0.523. The van der Waals surface area contributed by atoms with E-state index >= 15 is 0 Å². The van der Waals surface area contributed by atoms with Gasteiger partial charge in [-0.2, -0.15) is 0 Å². The van der Waals surface area contributed by atoms with Crippen molar-refractivity contribution in [1.82, 2.24) is 0 Å². The van der Waals surface area contributed by atoms with Gasteiger partial charge in [0, 0.05) is 16.9 Å². The van der Waals surface area contributed by atoms with E-state index in [1.54, 1.807) is 12.1 Å². The topological polar surface area (TPSA) is 20.2 Å². The van der Waals surface area contributed by atoms with Crippen molar-refractivity contribution in [2.75, 3.05) is 0 Å². The van der Waals surface area contributed by atoms with Crippen LogP contribution < -0.4 is 0 Å². The third-order valence-corrected chi connectivity index (χ3v) is 1.37. The first-order valence-corrected chi connectivity index (χ1v) is 3.17. The van der Waals surface area contributed by atoms with Gasteiger partial charge in [0.1, 0.15) is 5.82 Å². The highest BCUT2D eigenvalue weighted by Gasteiger charge is 1.91. The van der Waals surface area contributed by atoms with Crippen LogP contribution in [-0.2, 0) is 0 Å². The number of hydrogen-bond acceptors (Lipinski definition) is 2. The minimum atomic E-state index is -0.325. The SMILES string of the molecule is OSc1cccc(F)c1. The van der Waals surface area contributed by atoms with Crippen molar-refractivity contribution in [3.8, 4) is 0 Å². The second-order valence-electron chi connectivity index (χ2n) is 1.55. The monoisotopic (exact) mass is 144 g/mol. The van der Waals surface area contributed by atoms with E-state index in [0.29, 0.717) is 16.9 Å². The highest BCUT2D eigenvalue weighted by atomic mass is 32.2. The van der Waals surface area contributed by atoms with Crippen molar-refractivity contribution in [1.29, 1.82) is 0 Å². The highest BCUT2D eigenvalue weighted by Crippen LogP contribution is 2.13. The van der Waals surface area contributed by atoms with Gasteiger partial charge in [-0.25, -0.2) is 4.39 Å². The van der Waals surface area contributed by atoms with Crippen LogP contribution in [0.2, 0.25) is 0 Å². The molecular weight excluding hydrogens is 139 g/mol. The van der Waals surface area contributed by atoms with Crippen molar-refractivity contribution in [2.24, 2.45) is 0 Å². The summed E-state index contributed by atoms with van der Waals surface area (Å²) in [5.41, 5.74) is 0. The predicted molar refractivity (Wildman–Crippen MR) is 34.9 cm³/mol. The van der Waals surface area contributed by atoms with Gasteiger partial charge < -0.3 is 4.55 Å². The maximum Gasteiger partial charge on any atom is 0.124 e. The second kappa shape index (κ2) is 2.85. The Labute approximate surface area is 56.7 Å². The molecule has 0 fully saturated rings. The van der Waals surface area contributed by atoms with Gasteiger partial charge in [0.2, 0.25) is 0 Å². The molecule has 3 heteroatoms. The first-order chi connectivity index (χ1) is 4.33. The van der Waals surface area contributed by atoms with Crippen LogP contribution in [0.15, 0.2) is 29.2 Å². The molecule has 0 atom stereocenters. The van der Waals surface area contributed by atoms with E-state index in [2.05, 4.69) is 0 Å². The summed E-state index contributed by atoms with van der Waals surface area (Å²) in [5, 5.41) is 0. The molecule has 0 aliphatic heterocycles. The zero-order valence-electron chi connectivity index (χ0n) is 4.54. The number of halogens is 1. The molecule has 1 aromatic rings. The van der Waals surface area contributed by atoms with E-state index in [0.717, 1.165) is 0 Å². The van der Waals surface area contributed by atoms with E-state index in [9.17, 15) is 4.39 Å². The molecule has 0 saturated carbocycles. The van der Waals surface area contributed by atoms with Gasteiger partial charge in [0.25, 0.3) is 0 Å². The Kier molecular flexibility index (Phi) is 2.08. The van der Waals surface area contributed by atoms with Gasteiger partial charge in [0.15, 0.2) is 0 Å². The molecular formula is C6H5FOS. The lowest BCUT2D eigenvalue weighted by Gasteiger charge is -1.90. The fourth-order valence-corrected chi connectivity index (χ4v) is 0.829. The summed E-state index contributed by atoms with van der Waals surface area (Å²) in [7, 11) is 0. The Bertz CT molecular complexity index is 202. The van der Waals surface area contributed by atoms with Crippen LogP contribution in [0.4, 0.5) is 4.39 Å². The smallest absolute Gasteiger partial charge is 0.124 e. The Morgan fingerprint density at radius 2 is 2.22 bits per heavy atom. The Morgan fingerprint density at radius 1 is 1.44 bits per heavy atom. The quantitative estimate of drug-likeness (QED) is 0.610. The van der Waals surface area contributed by atoms with Crippen LogP contribution in [0.1, 0.15) is 0 Å². The molecule has 0 radical (unpaired) electrons. The molecule has 0 aliphatic carbocycles. The normalized spacial score (nSPS) is 9.56. The van der Waals surface area contributed by atoms with E-state index in [-0.39, 0.29) is 5.82 Å². The zero-order valence-corrected chi connectivity index (χ0v) is 5.36. The Hall–Kier alpha value is -0.540. The largest absolute Gasteiger partial charge is 0.325 e. The molecule has 1 aromatic carbocycles. The van der Waals surface area contributed by atoms with Crippen LogP contribution in [0.25, 0.3) is 0 Å². The lowest BCUT2D eigenvalue weighted by atomic mass is 10.4. The Balaban J connectivity index is 2.94. The number of rotatable bonds is 1. The second-order valence-corrected chi connectivity index (χ2v) is 2.20. The van der Waals surface area contributed by atoms with Crippen molar-refractivity contribution in [2.45, 2.75) is 4.90 Å². The maximum absolute atomic E-state index is 12.2. The van der Waals surface area contributed by atoms with Gasteiger partial charge in [-0.1, -0.05) is 6.07 Å². The minimum absolute atomic E-state index is 0.325. The molecule has 0 amide bonds. The van der Waals surface area contributed by atoms with Gasteiger partial charge >= 0.3 is 0 Å². The third-order valence-electron chi connectivity index (χ3n) is 0.901. The fourth-order valence-electron chi connectivity index (χ4n) is 0.524. The van der Waals surface area contributed by atoms with Gasteiger partial charge in [-0.05, 0) is 18.2 Å². The highest BCUT2D eigenvalue weighted by molar-refractivity contribution is 7.93. The molecule has 0 spiro atoms. The van der Waals surface area contributed by atoms with Crippen molar-refractivity contribution < 1.29 is 8.94 Å². The van der Waals surface area contributed by atoms with E-state index < -0.39 is 0 Å². The van der Waals surface area contributed by atoms with Crippen LogP contribution in [-0.4, -0.2) is 4.55 Å². The number of hydrogen-bond donors (Lipinski definition) is 1. The van der Waals surface area contributed by atoms with Gasteiger partial charge in [0.05, 0.1) is 0 Å². The van der Waals surface area contributed by atoms with E-state index in [1.807, 2.05) is 0 Å². The van der Waals surface area contributed by atoms with Crippen molar-refractivity contribution in [3.05, 3.63) is 30.1 Å². The van der Waals surface area contributed by atoms with Crippen molar-refractivity contribution in [3.63, 3.8) is 0 Å². The molecule has 0 saturated heterocycles. The van der Waals surface area contributed by atoms with Gasteiger partial charge in [-0.15, -0.1) is 0 Å². The molecule has 0 heterocycles. The van der Waals surface area contributed by atoms with E-state index in [4.69, 9.17) is 4.55 Å². The van der Waals surface area contributed by atoms with Crippen LogP contribution in [0, 0.1) is 5.82 Å². The molecule has 0 aliphatic rings. The number of benzene rings is 1. The Morgan fingerprint density at radius 3 is 2.67 bits per heavy atom. The molecule has 0 bridgehead atoms. The van der Waals surface area contributed by atoms with Crippen LogP contribution in [0.5, 0.6) is 0 Å². The molecule has 0 aromatic heterocycles. The molecule has 48 valence electrons. The fraction of sp³-hybridized carbons (Fsp3) is 0. The first-order valence-electron chi connectivity index (χ1n) is 2.40. The molecule has 1 rings (SSSR count). The zero-order chi connectivity index (χ0) is 6.69. The van der Waals surface area contributed by atoms with Crippen LogP contribution >= 0.6 is 12.0 Å².